The van der Waals surface area contributed by atoms with Crippen LogP contribution in [0, 0.1) is 0 Å². The molecule has 0 bridgehead atoms. The number of hydrogen-bond donors (Lipinski definition) is 1. The molecule has 0 fully saturated rings. The molecule has 0 unspecified atom stereocenters. The van der Waals surface area contributed by atoms with Gasteiger partial charge < -0.3 is 10.5 Å². The van der Waals surface area contributed by atoms with Crippen LogP contribution in [-0.4, -0.2) is 10.8 Å². The first-order chi connectivity index (χ1) is 8.36. The van der Waals surface area contributed by atoms with Crippen LogP contribution in [0.2, 0.25) is 0 Å². The quantitative estimate of drug-likeness (QED) is 0.884. The average Bonchev–Trinajstić information content (AvgIpc) is 2.41. The summed E-state index contributed by atoms with van der Waals surface area (Å²) in [4.78, 5) is 3.94. The Morgan fingerprint density at radius 2 is 1.82 bits per heavy atom. The normalized spacial score (nSPS) is 9.06. The number of nitrogens with zero attached hydrogens (tertiary/aromatic N) is 1. The Hall–Kier alpha value is -1.55. The van der Waals surface area contributed by atoms with Crippen molar-refractivity contribution in [3.8, 4) is 5.75 Å². The van der Waals surface area contributed by atoms with Gasteiger partial charge in [0.15, 0.2) is 11.6 Å². The van der Waals surface area contributed by atoms with E-state index in [9.17, 15) is 0 Å². The van der Waals surface area contributed by atoms with Crippen LogP contribution < -0.4 is 10.5 Å². The number of nitrogens with two attached hydrogens (primary N) is 1. The topological polar surface area (TPSA) is 48.1 Å². The Balaban J connectivity index is 0.000000686. The second kappa shape index (κ2) is 7.68. The Morgan fingerprint density at radius 1 is 1.12 bits per heavy atom. The number of ether oxygens (including phenoxy) is 1. The van der Waals surface area contributed by atoms with E-state index in [0.717, 1.165) is 5.56 Å². The summed E-state index contributed by atoms with van der Waals surface area (Å²) in [5.41, 5.74) is 6.76. The van der Waals surface area contributed by atoms with Crippen LogP contribution in [0.3, 0.4) is 0 Å². The molecule has 90 valence electrons. The van der Waals surface area contributed by atoms with Crippen molar-refractivity contribution in [2.24, 2.45) is 0 Å². The summed E-state index contributed by atoms with van der Waals surface area (Å²) < 4.78 is 5.54. The number of pyridine rings is 1. The smallest absolute Gasteiger partial charge is 0.166 e. The lowest BCUT2D eigenvalue weighted by Gasteiger charge is -2.07. The summed E-state index contributed by atoms with van der Waals surface area (Å²) in [5, 5.41) is 0. The molecule has 0 aliphatic heterocycles. The van der Waals surface area contributed by atoms with E-state index in [-0.39, 0.29) is 0 Å². The van der Waals surface area contributed by atoms with Gasteiger partial charge >= 0.3 is 0 Å². The summed E-state index contributed by atoms with van der Waals surface area (Å²) in [7, 11) is 0. The third-order valence-corrected chi connectivity index (χ3v) is 2.04. The zero-order chi connectivity index (χ0) is 12.5. The second-order valence-electron chi connectivity index (χ2n) is 3.16. The molecule has 4 heteroatoms. The summed E-state index contributed by atoms with van der Waals surface area (Å²) >= 11 is 2.94. The number of alkyl halides is 1. The average molecular weight is 295 g/mol. The fraction of sp³-hybridized carbons (Fsp3) is 0.154. The highest BCUT2D eigenvalue weighted by Gasteiger charge is 1.99. The molecule has 0 aliphatic carbocycles. The maximum atomic E-state index is 5.65. The van der Waals surface area contributed by atoms with Gasteiger partial charge in [-0.25, -0.2) is 4.98 Å². The van der Waals surface area contributed by atoms with E-state index in [1.807, 2.05) is 42.2 Å². The summed E-state index contributed by atoms with van der Waals surface area (Å²) in [6, 6.07) is 13.6. The third-order valence-electron chi connectivity index (χ3n) is 2.04. The number of halogens is 1. The van der Waals surface area contributed by atoms with E-state index in [1.54, 1.807) is 12.3 Å². The predicted octanol–water partition coefficient (Wildman–Crippen LogP) is 3.25. The lowest BCUT2D eigenvalue weighted by atomic mass is 10.2. The molecule has 2 N–H and O–H groups in total. The summed E-state index contributed by atoms with van der Waals surface area (Å²) in [5.74, 6) is 2.86. The van der Waals surface area contributed by atoms with Gasteiger partial charge in [0.1, 0.15) is 6.61 Å². The van der Waals surface area contributed by atoms with Crippen molar-refractivity contribution < 1.29 is 4.74 Å². The van der Waals surface area contributed by atoms with Crippen LogP contribution in [0.5, 0.6) is 5.75 Å². The lowest BCUT2D eigenvalue weighted by Crippen LogP contribution is -1.99. The van der Waals surface area contributed by atoms with Crippen molar-refractivity contribution in [3.63, 3.8) is 0 Å². The van der Waals surface area contributed by atoms with Crippen LogP contribution in [0.25, 0.3) is 0 Å². The molecule has 0 amide bonds. The van der Waals surface area contributed by atoms with E-state index < -0.39 is 0 Å². The molecule has 0 radical (unpaired) electrons. The Labute approximate surface area is 110 Å². The van der Waals surface area contributed by atoms with Crippen LogP contribution in [0.4, 0.5) is 5.82 Å². The Kier molecular flexibility index (Phi) is 6.10. The number of benzene rings is 1. The van der Waals surface area contributed by atoms with Crippen LogP contribution in [0.1, 0.15) is 5.56 Å². The molecule has 2 aromatic rings. The molecule has 0 saturated heterocycles. The van der Waals surface area contributed by atoms with Gasteiger partial charge in [-0.05, 0) is 23.5 Å². The van der Waals surface area contributed by atoms with Gasteiger partial charge in [-0.2, -0.15) is 0 Å². The number of aromatic nitrogens is 1. The van der Waals surface area contributed by atoms with Crippen molar-refractivity contribution in [3.05, 3.63) is 54.2 Å². The first-order valence-electron chi connectivity index (χ1n) is 5.11. The minimum absolute atomic E-state index is 0.424. The van der Waals surface area contributed by atoms with Crippen molar-refractivity contribution >= 4 is 21.7 Å². The van der Waals surface area contributed by atoms with Gasteiger partial charge in [-0.3, -0.25) is 0 Å². The largest absolute Gasteiger partial charge is 0.485 e. The maximum Gasteiger partial charge on any atom is 0.166 e. The molecule has 0 aliphatic rings. The van der Waals surface area contributed by atoms with Crippen LogP contribution in [0.15, 0.2) is 48.7 Å². The molecule has 3 nitrogen and oxygen atoms in total. The van der Waals surface area contributed by atoms with Gasteiger partial charge in [0, 0.05) is 6.20 Å². The van der Waals surface area contributed by atoms with Crippen molar-refractivity contribution in [1.29, 1.82) is 0 Å². The van der Waals surface area contributed by atoms with Crippen molar-refractivity contribution in [2.75, 3.05) is 11.6 Å². The van der Waals surface area contributed by atoms with E-state index >= 15 is 0 Å². The molecule has 17 heavy (non-hydrogen) atoms. The molecule has 1 aromatic heterocycles. The summed E-state index contributed by atoms with van der Waals surface area (Å²) in [6.07, 6.45) is 1.64. The predicted molar refractivity (Wildman–Crippen MR) is 74.3 cm³/mol. The van der Waals surface area contributed by atoms with Gasteiger partial charge in [0.25, 0.3) is 0 Å². The standard InChI is InChI=1S/C12H12N2O.CH3Br/c13-12-11(7-4-8-14-12)15-9-10-5-2-1-3-6-10;1-2/h1-8H,9H2,(H2,13,14);1H3. The van der Waals surface area contributed by atoms with E-state index in [4.69, 9.17) is 10.5 Å². The maximum absolute atomic E-state index is 5.65. The highest BCUT2D eigenvalue weighted by molar-refractivity contribution is 9.08. The number of anilines is 1. The fourth-order valence-corrected chi connectivity index (χ4v) is 1.26. The molecule has 2 rings (SSSR count). The van der Waals surface area contributed by atoms with Crippen molar-refractivity contribution in [2.45, 2.75) is 6.61 Å². The molecule has 0 spiro atoms. The SMILES string of the molecule is CBr.Nc1ncccc1OCc1ccccc1. The van der Waals surface area contributed by atoms with E-state index in [1.165, 1.54) is 0 Å². The molecule has 1 aromatic carbocycles. The van der Waals surface area contributed by atoms with Gasteiger partial charge in [-0.1, -0.05) is 46.3 Å². The summed E-state index contributed by atoms with van der Waals surface area (Å²) in [6.45, 7) is 0.511. The van der Waals surface area contributed by atoms with E-state index in [2.05, 4.69) is 20.9 Å². The lowest BCUT2D eigenvalue weighted by molar-refractivity contribution is 0.307. The highest BCUT2D eigenvalue weighted by Crippen LogP contribution is 2.18. The highest BCUT2D eigenvalue weighted by atomic mass is 79.9. The van der Waals surface area contributed by atoms with Crippen LogP contribution >= 0.6 is 15.9 Å². The van der Waals surface area contributed by atoms with Crippen molar-refractivity contribution in [1.82, 2.24) is 4.98 Å². The fourth-order valence-electron chi connectivity index (χ4n) is 1.26. The van der Waals surface area contributed by atoms with Crippen LogP contribution in [-0.2, 0) is 6.61 Å². The number of nitrogen functional groups attached to an aromatic ring is 1. The third kappa shape index (κ3) is 4.44. The van der Waals surface area contributed by atoms with Gasteiger partial charge in [-0.15, -0.1) is 0 Å². The Bertz CT molecular complexity index is 434. The minimum Gasteiger partial charge on any atom is -0.485 e. The van der Waals surface area contributed by atoms with Gasteiger partial charge in [0.05, 0.1) is 0 Å². The first-order valence-corrected chi connectivity index (χ1v) is 6.70. The molecule has 1 heterocycles. The molecular weight excluding hydrogens is 280 g/mol. The van der Waals surface area contributed by atoms with E-state index in [0.29, 0.717) is 18.2 Å². The molecular formula is C13H15BrN2O. The second-order valence-corrected chi connectivity index (χ2v) is 3.16. The molecule has 0 saturated carbocycles. The Morgan fingerprint density at radius 3 is 2.47 bits per heavy atom. The van der Waals surface area contributed by atoms with Gasteiger partial charge in [0.2, 0.25) is 0 Å². The monoisotopic (exact) mass is 294 g/mol. The number of rotatable bonds is 3. The molecule has 0 atom stereocenters. The number of hydrogen-bond acceptors (Lipinski definition) is 3. The first kappa shape index (κ1) is 13.5. The minimum atomic E-state index is 0.424. The zero-order valence-corrected chi connectivity index (χ0v) is 11.2. The zero-order valence-electron chi connectivity index (χ0n) is 9.64.